The third-order valence-corrected chi connectivity index (χ3v) is 6.15. The second-order valence-corrected chi connectivity index (χ2v) is 7.64. The zero-order valence-electron chi connectivity index (χ0n) is 12.3. The molecule has 0 aliphatic carbocycles. The van der Waals surface area contributed by atoms with Gasteiger partial charge in [-0.3, -0.25) is 0 Å². The molecule has 0 amide bonds. The first-order chi connectivity index (χ1) is 10.2. The van der Waals surface area contributed by atoms with Crippen molar-refractivity contribution < 1.29 is 8.42 Å². The Bertz CT molecular complexity index is 576. The molecule has 0 spiro atoms. The van der Waals surface area contributed by atoms with Crippen molar-refractivity contribution in [3.05, 3.63) is 24.3 Å². The minimum atomic E-state index is -3.33. The van der Waals surface area contributed by atoms with Crippen LogP contribution in [-0.4, -0.2) is 52.0 Å². The highest BCUT2D eigenvalue weighted by Gasteiger charge is 2.26. The highest BCUT2D eigenvalue weighted by molar-refractivity contribution is 7.89. The molecule has 0 bridgehead atoms. The van der Waals surface area contributed by atoms with Crippen LogP contribution in [0.25, 0.3) is 0 Å². The van der Waals surface area contributed by atoms with Gasteiger partial charge in [-0.1, -0.05) is 12.5 Å². The van der Waals surface area contributed by atoms with Gasteiger partial charge in [0.1, 0.15) is 0 Å². The number of piperidine rings is 1. The average Bonchev–Trinajstić information content (AvgIpc) is 2.57. The summed E-state index contributed by atoms with van der Waals surface area (Å²) in [4.78, 5) is 2.67. The minimum absolute atomic E-state index is 0.431. The molecule has 0 unspecified atom stereocenters. The number of anilines is 1. The first-order valence-corrected chi connectivity index (χ1v) is 9.18. The molecule has 21 heavy (non-hydrogen) atoms. The standard InChI is InChI=1S/C15H23N3O2S/c19-21(20,18-9-2-1-3-10-18)15-6-4-5-14(13-15)17-11-7-16-8-12-17/h4-6,13,16H,1-3,7-12H2. The van der Waals surface area contributed by atoms with E-state index in [4.69, 9.17) is 0 Å². The van der Waals surface area contributed by atoms with Crippen molar-refractivity contribution in [2.75, 3.05) is 44.2 Å². The van der Waals surface area contributed by atoms with Gasteiger partial charge < -0.3 is 10.2 Å². The molecule has 0 aromatic heterocycles. The van der Waals surface area contributed by atoms with Crippen molar-refractivity contribution in [2.45, 2.75) is 24.2 Å². The fourth-order valence-corrected chi connectivity index (χ4v) is 4.58. The second kappa shape index (κ2) is 6.34. The molecule has 2 aliphatic heterocycles. The lowest BCUT2D eigenvalue weighted by atomic mass is 10.2. The largest absolute Gasteiger partial charge is 0.369 e. The minimum Gasteiger partial charge on any atom is -0.369 e. The van der Waals surface area contributed by atoms with E-state index < -0.39 is 10.0 Å². The second-order valence-electron chi connectivity index (χ2n) is 5.70. The maximum absolute atomic E-state index is 12.7. The molecular formula is C15H23N3O2S. The maximum Gasteiger partial charge on any atom is 0.243 e. The van der Waals surface area contributed by atoms with E-state index in [1.165, 1.54) is 0 Å². The summed E-state index contributed by atoms with van der Waals surface area (Å²) < 4.78 is 27.1. The molecule has 116 valence electrons. The Morgan fingerprint density at radius 3 is 2.38 bits per heavy atom. The summed E-state index contributed by atoms with van der Waals surface area (Å²) in [5, 5.41) is 3.31. The summed E-state index contributed by atoms with van der Waals surface area (Å²) in [6.07, 6.45) is 3.07. The molecule has 2 fully saturated rings. The number of benzene rings is 1. The number of nitrogens with zero attached hydrogens (tertiary/aromatic N) is 2. The summed E-state index contributed by atoms with van der Waals surface area (Å²) in [5.41, 5.74) is 1.01. The van der Waals surface area contributed by atoms with Crippen molar-refractivity contribution >= 4 is 15.7 Å². The molecule has 6 heteroatoms. The van der Waals surface area contributed by atoms with Crippen molar-refractivity contribution in [1.82, 2.24) is 9.62 Å². The van der Waals surface area contributed by atoms with Crippen LogP contribution in [0.2, 0.25) is 0 Å². The van der Waals surface area contributed by atoms with Crippen LogP contribution in [0.1, 0.15) is 19.3 Å². The summed E-state index contributed by atoms with van der Waals surface area (Å²) >= 11 is 0. The van der Waals surface area contributed by atoms with E-state index in [-0.39, 0.29) is 0 Å². The summed E-state index contributed by atoms with van der Waals surface area (Å²) in [6.45, 7) is 5.05. The number of nitrogens with one attached hydrogen (secondary N) is 1. The lowest BCUT2D eigenvalue weighted by Crippen LogP contribution is -2.43. The molecule has 2 heterocycles. The predicted octanol–water partition coefficient (Wildman–Crippen LogP) is 1.27. The Morgan fingerprint density at radius 2 is 1.67 bits per heavy atom. The maximum atomic E-state index is 12.7. The predicted molar refractivity (Wildman–Crippen MR) is 84.1 cm³/mol. The topological polar surface area (TPSA) is 52.7 Å². The fraction of sp³-hybridized carbons (Fsp3) is 0.600. The monoisotopic (exact) mass is 309 g/mol. The Hall–Kier alpha value is -1.11. The zero-order chi connectivity index (χ0) is 14.7. The third kappa shape index (κ3) is 3.22. The van der Waals surface area contributed by atoms with E-state index in [9.17, 15) is 8.42 Å². The molecule has 2 saturated heterocycles. The van der Waals surface area contributed by atoms with E-state index in [0.717, 1.165) is 51.1 Å². The van der Waals surface area contributed by atoms with Gasteiger partial charge in [0.05, 0.1) is 4.90 Å². The summed E-state index contributed by atoms with van der Waals surface area (Å²) in [6, 6.07) is 7.40. The number of piperazine rings is 1. The van der Waals surface area contributed by atoms with E-state index in [1.54, 1.807) is 10.4 Å². The average molecular weight is 309 g/mol. The van der Waals surface area contributed by atoms with Crippen LogP contribution in [0.15, 0.2) is 29.2 Å². The van der Waals surface area contributed by atoms with Crippen molar-refractivity contribution in [3.63, 3.8) is 0 Å². The van der Waals surface area contributed by atoms with Crippen LogP contribution < -0.4 is 10.2 Å². The van der Waals surface area contributed by atoms with Gasteiger partial charge in [0.15, 0.2) is 0 Å². The summed E-state index contributed by atoms with van der Waals surface area (Å²) in [7, 11) is -3.33. The molecule has 0 atom stereocenters. The quantitative estimate of drug-likeness (QED) is 0.913. The third-order valence-electron chi connectivity index (χ3n) is 4.25. The van der Waals surface area contributed by atoms with Crippen molar-refractivity contribution in [3.8, 4) is 0 Å². The molecule has 3 rings (SSSR count). The fourth-order valence-electron chi connectivity index (χ4n) is 3.02. The van der Waals surface area contributed by atoms with Crippen molar-refractivity contribution in [1.29, 1.82) is 0 Å². The Labute approximate surface area is 127 Å². The van der Waals surface area contributed by atoms with Crippen LogP contribution in [-0.2, 0) is 10.0 Å². The van der Waals surface area contributed by atoms with Crippen LogP contribution >= 0.6 is 0 Å². The number of rotatable bonds is 3. The van der Waals surface area contributed by atoms with Crippen LogP contribution in [0.3, 0.4) is 0 Å². The normalized spacial score (nSPS) is 21.4. The van der Waals surface area contributed by atoms with Gasteiger partial charge in [-0.25, -0.2) is 8.42 Å². The molecule has 2 aliphatic rings. The Morgan fingerprint density at radius 1 is 0.952 bits per heavy atom. The van der Waals surface area contributed by atoms with Gasteiger partial charge in [0, 0.05) is 45.0 Å². The van der Waals surface area contributed by atoms with Crippen LogP contribution in [0.4, 0.5) is 5.69 Å². The van der Waals surface area contributed by atoms with E-state index in [2.05, 4.69) is 10.2 Å². The van der Waals surface area contributed by atoms with Gasteiger partial charge in [-0.2, -0.15) is 4.31 Å². The van der Waals surface area contributed by atoms with Crippen LogP contribution in [0, 0.1) is 0 Å². The van der Waals surface area contributed by atoms with Gasteiger partial charge in [-0.05, 0) is 31.0 Å². The molecule has 0 radical (unpaired) electrons. The zero-order valence-corrected chi connectivity index (χ0v) is 13.1. The van der Waals surface area contributed by atoms with E-state index >= 15 is 0 Å². The Balaban J connectivity index is 1.84. The molecule has 1 aromatic rings. The lowest BCUT2D eigenvalue weighted by Gasteiger charge is -2.30. The number of sulfonamides is 1. The molecular weight excluding hydrogens is 286 g/mol. The van der Waals surface area contributed by atoms with Gasteiger partial charge in [-0.15, -0.1) is 0 Å². The van der Waals surface area contributed by atoms with E-state index in [1.807, 2.05) is 18.2 Å². The molecule has 1 aromatic carbocycles. The molecule has 1 N–H and O–H groups in total. The van der Waals surface area contributed by atoms with Crippen molar-refractivity contribution in [2.24, 2.45) is 0 Å². The lowest BCUT2D eigenvalue weighted by molar-refractivity contribution is 0.346. The first-order valence-electron chi connectivity index (χ1n) is 7.74. The molecule has 0 saturated carbocycles. The van der Waals surface area contributed by atoms with Gasteiger partial charge >= 0.3 is 0 Å². The van der Waals surface area contributed by atoms with E-state index in [0.29, 0.717) is 18.0 Å². The van der Waals surface area contributed by atoms with Gasteiger partial charge in [0.2, 0.25) is 10.0 Å². The number of hydrogen-bond acceptors (Lipinski definition) is 4. The Kier molecular flexibility index (Phi) is 4.47. The summed E-state index contributed by atoms with van der Waals surface area (Å²) in [5.74, 6) is 0. The molecule has 5 nitrogen and oxygen atoms in total. The van der Waals surface area contributed by atoms with Crippen LogP contribution in [0.5, 0.6) is 0 Å². The smallest absolute Gasteiger partial charge is 0.243 e. The van der Waals surface area contributed by atoms with Gasteiger partial charge in [0.25, 0.3) is 0 Å². The highest BCUT2D eigenvalue weighted by Crippen LogP contribution is 2.24. The number of hydrogen-bond donors (Lipinski definition) is 1. The highest BCUT2D eigenvalue weighted by atomic mass is 32.2. The first kappa shape index (κ1) is 14.8. The SMILES string of the molecule is O=S(=O)(c1cccc(N2CCNCC2)c1)N1CCCCC1.